The lowest BCUT2D eigenvalue weighted by Crippen LogP contribution is -2.31. The van der Waals surface area contributed by atoms with E-state index in [0.717, 1.165) is 4.89 Å². The normalized spacial score (nSPS) is 11.9. The first kappa shape index (κ1) is 11.2. The molecule has 0 aromatic carbocycles. The van der Waals surface area contributed by atoms with E-state index in [1.807, 2.05) is 0 Å². The maximum absolute atomic E-state index is 11.5. The number of sulfonamides is 1. The number of hydrogen-bond acceptors (Lipinski definition) is 4. The molecule has 0 bridgehead atoms. The van der Waals surface area contributed by atoms with Crippen molar-refractivity contribution in [2.24, 2.45) is 0 Å². The smallest absolute Gasteiger partial charge is 0.352 e. The van der Waals surface area contributed by atoms with Crippen molar-refractivity contribution >= 4 is 16.0 Å². The van der Waals surface area contributed by atoms with Gasteiger partial charge in [0, 0.05) is 0 Å². The largest absolute Gasteiger partial charge is 0.479 e. The monoisotopic (exact) mass is 205 g/mol. The van der Waals surface area contributed by atoms with Crippen LogP contribution in [0.2, 0.25) is 0 Å². The second-order valence-electron chi connectivity index (χ2n) is 1.57. The van der Waals surface area contributed by atoms with Gasteiger partial charge in [0.1, 0.15) is 0 Å². The molecule has 0 aromatic heterocycles. The highest BCUT2D eigenvalue weighted by molar-refractivity contribution is 7.89. The van der Waals surface area contributed by atoms with Crippen molar-refractivity contribution in [3.63, 3.8) is 0 Å². The summed E-state index contributed by atoms with van der Waals surface area (Å²) in [5.41, 5.74) is 0. The average Bonchev–Trinajstić information content (AvgIpc) is 1.85. The maximum Gasteiger partial charge on any atom is 0.352 e. The second-order valence-corrected chi connectivity index (χ2v) is 3.18. The predicted octanol–water partition coefficient (Wildman–Crippen LogP) is -0.855. The lowest BCUT2D eigenvalue weighted by Gasteiger charge is -2.02. The van der Waals surface area contributed by atoms with Crippen molar-refractivity contribution in [2.45, 2.75) is 5.76 Å². The number of halogens is 2. The number of carboxylic acid groups (broad SMARTS) is 1. The first-order valence-electron chi connectivity index (χ1n) is 2.48. The van der Waals surface area contributed by atoms with E-state index >= 15 is 0 Å². The van der Waals surface area contributed by atoms with Gasteiger partial charge in [-0.1, -0.05) is 4.89 Å². The molecule has 9 heteroatoms. The highest BCUT2D eigenvalue weighted by Crippen LogP contribution is 2.00. The van der Waals surface area contributed by atoms with E-state index in [1.165, 1.54) is 0 Å². The molecule has 0 unspecified atom stereocenters. The zero-order valence-corrected chi connectivity index (χ0v) is 6.35. The Morgan fingerprint density at radius 1 is 1.58 bits per heavy atom. The molecule has 0 aliphatic rings. The van der Waals surface area contributed by atoms with Crippen LogP contribution in [0, 0.1) is 0 Å². The fraction of sp³-hybridized carbons (Fsp3) is 0.667. The Kier molecular flexibility index (Phi) is 4.00. The van der Waals surface area contributed by atoms with Crippen LogP contribution in [0.15, 0.2) is 0 Å². The van der Waals surface area contributed by atoms with Crippen LogP contribution in [0.4, 0.5) is 8.78 Å². The van der Waals surface area contributed by atoms with Gasteiger partial charge >= 0.3 is 11.7 Å². The van der Waals surface area contributed by atoms with E-state index in [0.29, 0.717) is 0 Å². The van der Waals surface area contributed by atoms with Gasteiger partial charge in [-0.05, 0) is 0 Å². The van der Waals surface area contributed by atoms with E-state index < -0.39 is 28.4 Å². The molecular formula is C3H5F2NO5S. The molecule has 0 aromatic rings. The molecule has 2 N–H and O–H groups in total. The third kappa shape index (κ3) is 4.16. The Balaban J connectivity index is 3.86. The van der Waals surface area contributed by atoms with Gasteiger partial charge in [0.15, 0.2) is 6.61 Å². The topological polar surface area (TPSA) is 92.7 Å². The number of hydrogen-bond donors (Lipinski definition) is 2. The Bertz CT molecular complexity index is 249. The fourth-order valence-corrected chi connectivity index (χ4v) is 0.506. The van der Waals surface area contributed by atoms with E-state index in [-0.39, 0.29) is 0 Å². The molecule has 0 aliphatic carbocycles. The quantitative estimate of drug-likeness (QED) is 0.570. The molecule has 0 radical (unpaired) electrons. The summed E-state index contributed by atoms with van der Waals surface area (Å²) in [5, 5.41) is 7.90. The van der Waals surface area contributed by atoms with Gasteiger partial charge in [0.25, 0.3) is 10.0 Å². The van der Waals surface area contributed by atoms with Gasteiger partial charge in [-0.15, -0.1) is 0 Å². The standard InChI is InChI=1S/C3H5F2NO5S/c4-3(5)12(9,10)6-11-1-2(7)8/h3,6H,1H2,(H,7,8). The predicted molar refractivity (Wildman–Crippen MR) is 31.6 cm³/mol. The van der Waals surface area contributed by atoms with Crippen LogP contribution in [-0.4, -0.2) is 31.9 Å². The Morgan fingerprint density at radius 3 is 2.42 bits per heavy atom. The minimum atomic E-state index is -4.86. The second kappa shape index (κ2) is 4.28. The molecule has 72 valence electrons. The van der Waals surface area contributed by atoms with Gasteiger partial charge in [-0.25, -0.2) is 13.2 Å². The van der Waals surface area contributed by atoms with Crippen LogP contribution in [-0.2, 0) is 19.7 Å². The van der Waals surface area contributed by atoms with Crippen LogP contribution in [0.25, 0.3) is 0 Å². The lowest BCUT2D eigenvalue weighted by molar-refractivity contribution is -0.143. The van der Waals surface area contributed by atoms with Crippen LogP contribution in [0.3, 0.4) is 0 Å². The Hall–Kier alpha value is -0.800. The fourth-order valence-electron chi connectivity index (χ4n) is 0.210. The van der Waals surface area contributed by atoms with Crippen molar-refractivity contribution in [2.75, 3.05) is 6.61 Å². The molecule has 0 saturated heterocycles. The molecule has 6 nitrogen and oxygen atoms in total. The SMILES string of the molecule is O=C(O)CONS(=O)(=O)C(F)F. The number of carboxylic acids is 1. The highest BCUT2D eigenvalue weighted by atomic mass is 32.2. The summed E-state index contributed by atoms with van der Waals surface area (Å²) in [6, 6.07) is 0. The van der Waals surface area contributed by atoms with Crippen molar-refractivity contribution in [3.8, 4) is 0 Å². The Morgan fingerprint density at radius 2 is 2.08 bits per heavy atom. The van der Waals surface area contributed by atoms with Gasteiger partial charge in [0.2, 0.25) is 0 Å². The molecule has 0 fully saturated rings. The molecule has 0 heterocycles. The number of aliphatic carboxylic acids is 1. The zero-order valence-electron chi connectivity index (χ0n) is 5.53. The van der Waals surface area contributed by atoms with Crippen LogP contribution in [0.1, 0.15) is 0 Å². The minimum Gasteiger partial charge on any atom is -0.479 e. The van der Waals surface area contributed by atoms with E-state index in [9.17, 15) is 22.0 Å². The maximum atomic E-state index is 11.5. The summed E-state index contributed by atoms with van der Waals surface area (Å²) in [7, 11) is -4.86. The number of carbonyl (C=O) groups is 1. The molecule has 12 heavy (non-hydrogen) atoms. The average molecular weight is 205 g/mol. The first-order chi connectivity index (χ1) is 5.36. The number of alkyl halides is 2. The lowest BCUT2D eigenvalue weighted by atomic mass is 10.8. The molecule has 0 spiro atoms. The number of nitrogens with one attached hydrogen (secondary N) is 1. The van der Waals surface area contributed by atoms with E-state index in [1.54, 1.807) is 0 Å². The third-order valence-corrected chi connectivity index (χ3v) is 1.42. The molecular weight excluding hydrogens is 200 g/mol. The van der Waals surface area contributed by atoms with Crippen molar-refractivity contribution < 1.29 is 31.9 Å². The summed E-state index contributed by atoms with van der Waals surface area (Å²) >= 11 is 0. The van der Waals surface area contributed by atoms with Crippen LogP contribution >= 0.6 is 0 Å². The van der Waals surface area contributed by atoms with Crippen molar-refractivity contribution in [1.82, 2.24) is 4.89 Å². The van der Waals surface area contributed by atoms with Crippen molar-refractivity contribution in [1.29, 1.82) is 0 Å². The minimum absolute atomic E-state index is 0.931. The van der Waals surface area contributed by atoms with Gasteiger partial charge < -0.3 is 5.11 Å². The van der Waals surface area contributed by atoms with Gasteiger partial charge in [-0.3, -0.25) is 4.84 Å². The summed E-state index contributed by atoms with van der Waals surface area (Å²) in [5.74, 6) is -5.13. The first-order valence-corrected chi connectivity index (χ1v) is 4.03. The molecule has 0 aliphatic heterocycles. The Labute approximate surface area is 66.1 Å². The third-order valence-electron chi connectivity index (χ3n) is 0.605. The van der Waals surface area contributed by atoms with Gasteiger partial charge in [-0.2, -0.15) is 8.78 Å². The molecule has 0 amide bonds. The molecule has 0 rings (SSSR count). The van der Waals surface area contributed by atoms with E-state index in [4.69, 9.17) is 5.11 Å². The summed E-state index contributed by atoms with van der Waals surface area (Å²) in [6.07, 6.45) is 0. The summed E-state index contributed by atoms with van der Waals surface area (Å²) in [4.78, 5) is 14.3. The van der Waals surface area contributed by atoms with E-state index in [2.05, 4.69) is 4.84 Å². The van der Waals surface area contributed by atoms with Crippen molar-refractivity contribution in [3.05, 3.63) is 0 Å². The van der Waals surface area contributed by atoms with Gasteiger partial charge in [0.05, 0.1) is 0 Å². The highest BCUT2D eigenvalue weighted by Gasteiger charge is 2.23. The molecule has 0 saturated carbocycles. The zero-order chi connectivity index (χ0) is 9.78. The van der Waals surface area contributed by atoms with Crippen LogP contribution < -0.4 is 4.89 Å². The van der Waals surface area contributed by atoms with Crippen LogP contribution in [0.5, 0.6) is 0 Å². The summed E-state index contributed by atoms with van der Waals surface area (Å²) in [6.45, 7) is -1.02. The number of rotatable bonds is 5. The molecule has 0 atom stereocenters. The summed E-state index contributed by atoms with van der Waals surface area (Å²) < 4.78 is 43.2.